The van der Waals surface area contributed by atoms with Crippen LogP contribution in [0.25, 0.3) is 0 Å². The van der Waals surface area contributed by atoms with Gasteiger partial charge in [-0.15, -0.1) is 0 Å². The standard InChI is InChI=1S/C18H19NO2/c1-2-21-18(20)17-12-15-10-6-7-11-16(15)19(17)13-14-8-4-3-5-9-14/h3-11,17H,2,12-13H2,1H3. The van der Waals surface area contributed by atoms with Gasteiger partial charge in [0.05, 0.1) is 6.61 Å². The molecule has 0 fully saturated rings. The van der Waals surface area contributed by atoms with Crippen molar-refractivity contribution < 1.29 is 9.53 Å². The minimum atomic E-state index is -0.220. The van der Waals surface area contributed by atoms with E-state index in [9.17, 15) is 4.79 Å². The lowest BCUT2D eigenvalue weighted by Crippen LogP contribution is -2.39. The molecule has 1 aliphatic heterocycles. The summed E-state index contributed by atoms with van der Waals surface area (Å²) in [5.74, 6) is -0.135. The predicted octanol–water partition coefficient (Wildman–Crippen LogP) is 3.18. The fourth-order valence-electron chi connectivity index (χ4n) is 2.87. The van der Waals surface area contributed by atoms with Gasteiger partial charge >= 0.3 is 5.97 Å². The topological polar surface area (TPSA) is 29.5 Å². The van der Waals surface area contributed by atoms with Crippen LogP contribution in [0.3, 0.4) is 0 Å². The maximum absolute atomic E-state index is 12.3. The Hall–Kier alpha value is -2.29. The second-order valence-corrected chi connectivity index (χ2v) is 5.21. The van der Waals surface area contributed by atoms with Gasteiger partial charge < -0.3 is 9.64 Å². The molecule has 0 aromatic heterocycles. The van der Waals surface area contributed by atoms with Crippen molar-refractivity contribution >= 4 is 11.7 Å². The maximum atomic E-state index is 12.3. The lowest BCUT2D eigenvalue weighted by atomic mass is 10.1. The summed E-state index contributed by atoms with van der Waals surface area (Å²) in [6, 6.07) is 18.2. The van der Waals surface area contributed by atoms with Crippen molar-refractivity contribution in [2.24, 2.45) is 0 Å². The van der Waals surface area contributed by atoms with Gasteiger partial charge in [0, 0.05) is 18.7 Å². The van der Waals surface area contributed by atoms with Crippen molar-refractivity contribution in [1.29, 1.82) is 0 Å². The largest absolute Gasteiger partial charge is 0.464 e. The number of rotatable bonds is 4. The molecular formula is C18H19NO2. The minimum Gasteiger partial charge on any atom is -0.464 e. The van der Waals surface area contributed by atoms with Crippen molar-refractivity contribution in [2.75, 3.05) is 11.5 Å². The number of benzene rings is 2. The van der Waals surface area contributed by atoms with Crippen molar-refractivity contribution in [3.63, 3.8) is 0 Å². The Labute approximate surface area is 125 Å². The Bertz CT molecular complexity index is 624. The molecule has 1 heterocycles. The minimum absolute atomic E-state index is 0.135. The Morgan fingerprint density at radius 2 is 1.86 bits per heavy atom. The Kier molecular flexibility index (Phi) is 3.91. The average molecular weight is 281 g/mol. The lowest BCUT2D eigenvalue weighted by molar-refractivity contribution is -0.144. The monoisotopic (exact) mass is 281 g/mol. The highest BCUT2D eigenvalue weighted by atomic mass is 16.5. The smallest absolute Gasteiger partial charge is 0.329 e. The number of nitrogens with zero attached hydrogens (tertiary/aromatic N) is 1. The van der Waals surface area contributed by atoms with E-state index in [-0.39, 0.29) is 12.0 Å². The van der Waals surface area contributed by atoms with Crippen LogP contribution in [0.4, 0.5) is 5.69 Å². The highest BCUT2D eigenvalue weighted by Crippen LogP contribution is 2.33. The summed E-state index contributed by atoms with van der Waals surface area (Å²) in [7, 11) is 0. The molecule has 0 bridgehead atoms. The lowest BCUT2D eigenvalue weighted by Gasteiger charge is -2.26. The number of para-hydroxylation sites is 1. The van der Waals surface area contributed by atoms with Crippen molar-refractivity contribution in [3.05, 3.63) is 65.7 Å². The molecule has 1 unspecified atom stereocenters. The summed E-state index contributed by atoms with van der Waals surface area (Å²) in [5.41, 5.74) is 3.55. The second kappa shape index (κ2) is 6.00. The molecule has 2 aromatic rings. The molecule has 2 aromatic carbocycles. The van der Waals surface area contributed by atoms with Crippen molar-refractivity contribution in [3.8, 4) is 0 Å². The van der Waals surface area contributed by atoms with Gasteiger partial charge in [-0.2, -0.15) is 0 Å². The second-order valence-electron chi connectivity index (χ2n) is 5.21. The van der Waals surface area contributed by atoms with Crippen LogP contribution in [0, 0.1) is 0 Å². The highest BCUT2D eigenvalue weighted by Gasteiger charge is 2.35. The fraction of sp³-hybridized carbons (Fsp3) is 0.278. The van der Waals surface area contributed by atoms with Crippen LogP contribution in [0.5, 0.6) is 0 Å². The number of carbonyl (C=O) groups excluding carboxylic acids is 1. The van der Waals surface area contributed by atoms with E-state index < -0.39 is 0 Å². The van der Waals surface area contributed by atoms with E-state index in [4.69, 9.17) is 4.74 Å². The average Bonchev–Trinajstić information content (AvgIpc) is 2.88. The zero-order valence-electron chi connectivity index (χ0n) is 12.2. The van der Waals surface area contributed by atoms with Gasteiger partial charge in [0.15, 0.2) is 0 Å². The summed E-state index contributed by atoms with van der Waals surface area (Å²) in [5, 5.41) is 0. The maximum Gasteiger partial charge on any atom is 0.329 e. The van der Waals surface area contributed by atoms with Gasteiger partial charge in [-0.3, -0.25) is 0 Å². The Morgan fingerprint density at radius 3 is 2.62 bits per heavy atom. The molecule has 0 amide bonds. The van der Waals surface area contributed by atoms with Crippen LogP contribution in [0.2, 0.25) is 0 Å². The van der Waals surface area contributed by atoms with Crippen LogP contribution in [0.1, 0.15) is 18.1 Å². The predicted molar refractivity (Wildman–Crippen MR) is 83.2 cm³/mol. The molecule has 0 N–H and O–H groups in total. The van der Waals surface area contributed by atoms with Crippen LogP contribution in [0.15, 0.2) is 54.6 Å². The first-order valence-electron chi connectivity index (χ1n) is 7.34. The molecule has 3 nitrogen and oxygen atoms in total. The number of anilines is 1. The molecular weight excluding hydrogens is 262 g/mol. The number of hydrogen-bond donors (Lipinski definition) is 0. The first-order chi connectivity index (χ1) is 10.3. The zero-order valence-corrected chi connectivity index (χ0v) is 12.2. The number of carbonyl (C=O) groups is 1. The SMILES string of the molecule is CCOC(=O)C1Cc2ccccc2N1Cc1ccccc1. The highest BCUT2D eigenvalue weighted by molar-refractivity contribution is 5.84. The summed E-state index contributed by atoms with van der Waals surface area (Å²) in [6.45, 7) is 2.99. The van der Waals surface area contributed by atoms with E-state index in [1.807, 2.05) is 37.3 Å². The third-order valence-electron chi connectivity index (χ3n) is 3.84. The third kappa shape index (κ3) is 2.77. The molecule has 1 aliphatic rings. The van der Waals surface area contributed by atoms with Crippen LogP contribution < -0.4 is 4.90 Å². The number of hydrogen-bond acceptors (Lipinski definition) is 3. The molecule has 0 saturated heterocycles. The molecule has 1 atom stereocenters. The van der Waals surface area contributed by atoms with Crippen LogP contribution in [-0.2, 0) is 22.5 Å². The van der Waals surface area contributed by atoms with Gasteiger partial charge in [0.2, 0.25) is 0 Å². The van der Waals surface area contributed by atoms with Gasteiger partial charge in [-0.1, -0.05) is 48.5 Å². The molecule has 0 radical (unpaired) electrons. The number of ether oxygens (including phenoxy) is 1. The molecule has 3 heteroatoms. The summed E-state index contributed by atoms with van der Waals surface area (Å²) >= 11 is 0. The third-order valence-corrected chi connectivity index (χ3v) is 3.84. The van der Waals surface area contributed by atoms with Crippen LogP contribution in [-0.4, -0.2) is 18.6 Å². The fourth-order valence-corrected chi connectivity index (χ4v) is 2.87. The zero-order chi connectivity index (χ0) is 14.7. The summed E-state index contributed by atoms with van der Waals surface area (Å²) in [6.07, 6.45) is 0.724. The first kappa shape index (κ1) is 13.7. The van der Waals surface area contributed by atoms with Crippen molar-refractivity contribution in [2.45, 2.75) is 25.9 Å². The van der Waals surface area contributed by atoms with E-state index in [0.717, 1.165) is 18.7 Å². The van der Waals surface area contributed by atoms with E-state index in [1.54, 1.807) is 0 Å². The first-order valence-corrected chi connectivity index (χ1v) is 7.34. The molecule has 0 aliphatic carbocycles. The number of fused-ring (bicyclic) bond motifs is 1. The van der Waals surface area contributed by atoms with E-state index >= 15 is 0 Å². The molecule has 108 valence electrons. The molecule has 21 heavy (non-hydrogen) atoms. The normalized spacial score (nSPS) is 16.6. The summed E-state index contributed by atoms with van der Waals surface area (Å²) in [4.78, 5) is 14.4. The van der Waals surface area contributed by atoms with Gasteiger partial charge in [0.25, 0.3) is 0 Å². The molecule has 3 rings (SSSR count). The van der Waals surface area contributed by atoms with E-state index in [1.165, 1.54) is 11.1 Å². The Balaban J connectivity index is 1.90. The quantitative estimate of drug-likeness (QED) is 0.806. The van der Waals surface area contributed by atoms with Crippen LogP contribution >= 0.6 is 0 Å². The van der Waals surface area contributed by atoms with E-state index in [0.29, 0.717) is 6.61 Å². The molecule has 0 spiro atoms. The number of esters is 1. The summed E-state index contributed by atoms with van der Waals surface area (Å²) < 4.78 is 5.24. The van der Waals surface area contributed by atoms with Gasteiger partial charge in [0.1, 0.15) is 6.04 Å². The Morgan fingerprint density at radius 1 is 1.14 bits per heavy atom. The van der Waals surface area contributed by atoms with Crippen molar-refractivity contribution in [1.82, 2.24) is 0 Å². The van der Waals surface area contributed by atoms with E-state index in [2.05, 4.69) is 29.2 Å². The van der Waals surface area contributed by atoms with Gasteiger partial charge in [-0.25, -0.2) is 4.79 Å². The van der Waals surface area contributed by atoms with Gasteiger partial charge in [-0.05, 0) is 24.1 Å². The molecule has 0 saturated carbocycles.